The van der Waals surface area contributed by atoms with Crippen molar-refractivity contribution in [3.05, 3.63) is 11.7 Å². The second-order valence-corrected chi connectivity index (χ2v) is 5.36. The summed E-state index contributed by atoms with van der Waals surface area (Å²) < 4.78 is 11.0. The van der Waals surface area contributed by atoms with Crippen LogP contribution in [0.4, 0.5) is 0 Å². The van der Waals surface area contributed by atoms with Crippen molar-refractivity contribution in [3.63, 3.8) is 0 Å². The molecule has 0 aliphatic carbocycles. The van der Waals surface area contributed by atoms with E-state index >= 15 is 0 Å². The second-order valence-electron chi connectivity index (χ2n) is 5.36. The van der Waals surface area contributed by atoms with Crippen LogP contribution in [0.15, 0.2) is 4.52 Å². The van der Waals surface area contributed by atoms with E-state index in [4.69, 9.17) is 9.26 Å². The fraction of sp³-hybridized carbons (Fsp3) is 0.846. The summed E-state index contributed by atoms with van der Waals surface area (Å²) in [6.45, 7) is 7.89. The molecule has 1 atom stereocenters. The van der Waals surface area contributed by atoms with Gasteiger partial charge in [-0.3, -0.25) is 0 Å². The molecule has 1 aliphatic heterocycles. The molecule has 18 heavy (non-hydrogen) atoms. The minimum Gasteiger partial charge on any atom is -0.378 e. The Labute approximate surface area is 108 Å². The monoisotopic (exact) mass is 253 g/mol. The third-order valence-electron chi connectivity index (χ3n) is 3.31. The Hall–Kier alpha value is -0.940. The molecule has 0 bridgehead atoms. The quantitative estimate of drug-likeness (QED) is 0.870. The fourth-order valence-corrected chi connectivity index (χ4v) is 2.28. The second kappa shape index (κ2) is 5.80. The van der Waals surface area contributed by atoms with E-state index in [9.17, 15) is 0 Å². The van der Waals surface area contributed by atoms with E-state index < -0.39 is 0 Å². The maximum Gasteiger partial charge on any atom is 0.246 e. The van der Waals surface area contributed by atoms with E-state index in [2.05, 4.69) is 22.4 Å². The van der Waals surface area contributed by atoms with Gasteiger partial charge in [-0.05, 0) is 39.7 Å². The van der Waals surface area contributed by atoms with E-state index in [0.717, 1.165) is 31.8 Å². The van der Waals surface area contributed by atoms with Crippen LogP contribution in [0.5, 0.6) is 0 Å². The molecule has 0 amide bonds. The van der Waals surface area contributed by atoms with Crippen molar-refractivity contribution in [1.82, 2.24) is 15.5 Å². The Morgan fingerprint density at radius 1 is 1.39 bits per heavy atom. The molecule has 2 heterocycles. The smallest absolute Gasteiger partial charge is 0.246 e. The van der Waals surface area contributed by atoms with Crippen molar-refractivity contribution in [1.29, 1.82) is 0 Å². The molecule has 0 saturated carbocycles. The van der Waals surface area contributed by atoms with Crippen molar-refractivity contribution in [2.75, 3.05) is 13.2 Å². The van der Waals surface area contributed by atoms with E-state index in [1.165, 1.54) is 12.8 Å². The topological polar surface area (TPSA) is 60.2 Å². The molecule has 1 N–H and O–H groups in total. The van der Waals surface area contributed by atoms with Crippen LogP contribution in [0.1, 0.15) is 51.7 Å². The molecule has 1 saturated heterocycles. The molecule has 5 heteroatoms. The molecule has 102 valence electrons. The molecular formula is C13H23N3O2. The van der Waals surface area contributed by atoms with Crippen molar-refractivity contribution in [3.8, 4) is 0 Å². The highest BCUT2D eigenvalue weighted by Crippen LogP contribution is 2.20. The van der Waals surface area contributed by atoms with Crippen molar-refractivity contribution in [2.45, 2.75) is 58.1 Å². The van der Waals surface area contributed by atoms with Gasteiger partial charge in [0.25, 0.3) is 0 Å². The van der Waals surface area contributed by atoms with Gasteiger partial charge in [0.1, 0.15) is 0 Å². The minimum absolute atomic E-state index is 0.256. The number of hydrogen-bond acceptors (Lipinski definition) is 5. The highest BCUT2D eigenvalue weighted by Gasteiger charge is 2.27. The van der Waals surface area contributed by atoms with Crippen LogP contribution >= 0.6 is 0 Å². The molecule has 2 rings (SSSR count). The predicted molar refractivity (Wildman–Crippen MR) is 68.3 cm³/mol. The summed E-state index contributed by atoms with van der Waals surface area (Å²) in [6, 6.07) is 0. The summed E-state index contributed by atoms with van der Waals surface area (Å²) in [6.07, 6.45) is 4.51. The van der Waals surface area contributed by atoms with E-state index in [-0.39, 0.29) is 11.6 Å². The highest BCUT2D eigenvalue weighted by atomic mass is 16.5. The van der Waals surface area contributed by atoms with Gasteiger partial charge >= 0.3 is 0 Å². The fourth-order valence-electron chi connectivity index (χ4n) is 2.28. The zero-order valence-electron chi connectivity index (χ0n) is 11.5. The Morgan fingerprint density at radius 3 is 2.89 bits per heavy atom. The van der Waals surface area contributed by atoms with E-state index in [0.29, 0.717) is 5.89 Å². The van der Waals surface area contributed by atoms with Crippen LogP contribution in [0.3, 0.4) is 0 Å². The maximum atomic E-state index is 5.69. The lowest BCUT2D eigenvalue weighted by Crippen LogP contribution is -2.36. The number of aromatic nitrogens is 2. The minimum atomic E-state index is -0.270. The van der Waals surface area contributed by atoms with Gasteiger partial charge in [-0.1, -0.05) is 12.1 Å². The van der Waals surface area contributed by atoms with Crippen LogP contribution in [-0.4, -0.2) is 29.4 Å². The number of ether oxygens (including phenoxy) is 1. The highest BCUT2D eigenvalue weighted by molar-refractivity contribution is 5.00. The first-order chi connectivity index (χ1) is 8.62. The van der Waals surface area contributed by atoms with Crippen molar-refractivity contribution in [2.24, 2.45) is 0 Å². The zero-order valence-corrected chi connectivity index (χ0v) is 11.5. The first-order valence-electron chi connectivity index (χ1n) is 6.81. The van der Waals surface area contributed by atoms with Crippen molar-refractivity contribution < 1.29 is 9.26 Å². The standard InChI is InChI=1S/C13H23N3O2/c1-4-14-13(2,3)12-15-11(16-18-12)9-10-7-5-6-8-17-10/h10,14H,4-9H2,1-3H3. The van der Waals surface area contributed by atoms with Gasteiger partial charge in [0.15, 0.2) is 5.82 Å². The number of nitrogens with one attached hydrogen (secondary N) is 1. The molecule has 0 radical (unpaired) electrons. The average molecular weight is 253 g/mol. The maximum absolute atomic E-state index is 5.69. The molecule has 1 aliphatic rings. The van der Waals surface area contributed by atoms with Crippen LogP contribution in [-0.2, 0) is 16.7 Å². The molecule has 1 aromatic rings. The first-order valence-corrected chi connectivity index (χ1v) is 6.81. The number of rotatable bonds is 5. The summed E-state index contributed by atoms with van der Waals surface area (Å²) in [7, 11) is 0. The Bertz CT molecular complexity index is 370. The lowest BCUT2D eigenvalue weighted by Gasteiger charge is -2.21. The number of hydrogen-bond donors (Lipinski definition) is 1. The zero-order chi connectivity index (χ0) is 13.0. The van der Waals surface area contributed by atoms with Gasteiger partial charge in [0.2, 0.25) is 5.89 Å². The van der Waals surface area contributed by atoms with Crippen LogP contribution < -0.4 is 5.32 Å². The van der Waals surface area contributed by atoms with Crippen LogP contribution in [0.25, 0.3) is 0 Å². The van der Waals surface area contributed by atoms with Gasteiger partial charge in [-0.2, -0.15) is 4.98 Å². The lowest BCUT2D eigenvalue weighted by atomic mass is 10.1. The first kappa shape index (κ1) is 13.5. The average Bonchev–Trinajstić information content (AvgIpc) is 2.79. The largest absolute Gasteiger partial charge is 0.378 e. The van der Waals surface area contributed by atoms with Gasteiger partial charge < -0.3 is 14.6 Å². The van der Waals surface area contributed by atoms with Crippen LogP contribution in [0, 0.1) is 0 Å². The molecular weight excluding hydrogens is 230 g/mol. The van der Waals surface area contributed by atoms with Gasteiger partial charge in [-0.15, -0.1) is 0 Å². The molecule has 0 aromatic carbocycles. The molecule has 1 aromatic heterocycles. The van der Waals surface area contributed by atoms with Gasteiger partial charge in [0, 0.05) is 13.0 Å². The molecule has 1 unspecified atom stereocenters. The molecule has 5 nitrogen and oxygen atoms in total. The third-order valence-corrected chi connectivity index (χ3v) is 3.31. The van der Waals surface area contributed by atoms with Gasteiger partial charge in [-0.25, -0.2) is 0 Å². The van der Waals surface area contributed by atoms with E-state index in [1.54, 1.807) is 0 Å². The predicted octanol–water partition coefficient (Wildman–Crippen LogP) is 2.03. The Balaban J connectivity index is 1.96. The summed E-state index contributed by atoms with van der Waals surface area (Å²) in [5.74, 6) is 1.40. The third kappa shape index (κ3) is 3.29. The molecule has 0 spiro atoms. The summed E-state index contributed by atoms with van der Waals surface area (Å²) in [5, 5.41) is 7.38. The van der Waals surface area contributed by atoms with Gasteiger partial charge in [0.05, 0.1) is 11.6 Å². The SMILES string of the molecule is CCNC(C)(C)c1nc(CC2CCCCO2)no1. The Morgan fingerprint density at radius 2 is 2.22 bits per heavy atom. The number of nitrogens with zero attached hydrogens (tertiary/aromatic N) is 2. The van der Waals surface area contributed by atoms with E-state index in [1.807, 2.05) is 13.8 Å². The summed E-state index contributed by atoms with van der Waals surface area (Å²) >= 11 is 0. The van der Waals surface area contributed by atoms with Crippen LogP contribution in [0.2, 0.25) is 0 Å². The molecule has 1 fully saturated rings. The van der Waals surface area contributed by atoms with Crippen molar-refractivity contribution >= 4 is 0 Å². The normalized spacial score (nSPS) is 21.2. The summed E-state index contributed by atoms with van der Waals surface area (Å²) in [5.41, 5.74) is -0.270. The Kier molecular flexibility index (Phi) is 4.35. The summed E-state index contributed by atoms with van der Waals surface area (Å²) in [4.78, 5) is 4.47. The lowest BCUT2D eigenvalue weighted by molar-refractivity contribution is 0.0153.